The van der Waals surface area contributed by atoms with Crippen molar-refractivity contribution in [2.75, 3.05) is 20.2 Å². The third-order valence-electron chi connectivity index (χ3n) is 4.11. The van der Waals surface area contributed by atoms with E-state index in [1.807, 2.05) is 0 Å². The average Bonchev–Trinajstić information content (AvgIpc) is 2.82. The SMILES string of the molecule is CCc1nn(CC)c(CN2CCCC(C(=O)OC)C2)c1Br. The Hall–Kier alpha value is -0.880. The molecule has 1 aromatic rings. The average molecular weight is 358 g/mol. The normalized spacial score (nSPS) is 19.7. The van der Waals surface area contributed by atoms with Crippen LogP contribution in [0.1, 0.15) is 38.1 Å². The van der Waals surface area contributed by atoms with Gasteiger partial charge in [0, 0.05) is 19.6 Å². The number of aromatic nitrogens is 2. The van der Waals surface area contributed by atoms with Crippen molar-refractivity contribution in [2.24, 2.45) is 5.92 Å². The number of methoxy groups -OCH3 is 1. The van der Waals surface area contributed by atoms with Crippen molar-refractivity contribution in [2.45, 2.75) is 46.2 Å². The highest BCUT2D eigenvalue weighted by molar-refractivity contribution is 9.10. The molecule has 1 atom stereocenters. The lowest BCUT2D eigenvalue weighted by Gasteiger charge is -2.31. The zero-order chi connectivity index (χ0) is 15.4. The molecule has 2 rings (SSSR count). The number of ether oxygens (including phenoxy) is 1. The van der Waals surface area contributed by atoms with Gasteiger partial charge >= 0.3 is 5.97 Å². The molecule has 1 aromatic heterocycles. The number of esters is 1. The van der Waals surface area contributed by atoms with Gasteiger partial charge in [-0.05, 0) is 48.7 Å². The largest absolute Gasteiger partial charge is 0.469 e. The van der Waals surface area contributed by atoms with E-state index in [0.29, 0.717) is 0 Å². The third-order valence-corrected chi connectivity index (χ3v) is 5.02. The van der Waals surface area contributed by atoms with Gasteiger partial charge in [-0.15, -0.1) is 0 Å². The summed E-state index contributed by atoms with van der Waals surface area (Å²) in [7, 11) is 1.47. The van der Waals surface area contributed by atoms with Crippen LogP contribution in [0.3, 0.4) is 0 Å². The lowest BCUT2D eigenvalue weighted by atomic mass is 9.98. The van der Waals surface area contributed by atoms with Gasteiger partial charge in [-0.3, -0.25) is 14.4 Å². The Morgan fingerprint density at radius 2 is 2.24 bits per heavy atom. The molecule has 6 heteroatoms. The Bertz CT molecular complexity index is 501. The quantitative estimate of drug-likeness (QED) is 0.760. The van der Waals surface area contributed by atoms with Gasteiger partial charge in [0.15, 0.2) is 0 Å². The molecule has 2 heterocycles. The molecule has 0 spiro atoms. The number of hydrogen-bond acceptors (Lipinski definition) is 4. The van der Waals surface area contributed by atoms with Crippen LogP contribution in [0.5, 0.6) is 0 Å². The Kier molecular flexibility index (Phi) is 5.81. The van der Waals surface area contributed by atoms with E-state index in [-0.39, 0.29) is 11.9 Å². The van der Waals surface area contributed by atoms with Gasteiger partial charge in [0.2, 0.25) is 0 Å². The number of carbonyl (C=O) groups excluding carboxylic acids is 1. The molecule has 0 bridgehead atoms. The first kappa shape index (κ1) is 16.5. The van der Waals surface area contributed by atoms with Crippen LogP contribution >= 0.6 is 15.9 Å². The van der Waals surface area contributed by atoms with E-state index in [4.69, 9.17) is 4.74 Å². The number of nitrogens with zero attached hydrogens (tertiary/aromatic N) is 3. The van der Waals surface area contributed by atoms with Crippen molar-refractivity contribution in [1.29, 1.82) is 0 Å². The molecule has 0 radical (unpaired) electrons. The van der Waals surface area contributed by atoms with Crippen LogP contribution in [-0.2, 0) is 29.0 Å². The second-order valence-electron chi connectivity index (χ2n) is 5.47. The van der Waals surface area contributed by atoms with Crippen molar-refractivity contribution in [3.05, 3.63) is 15.9 Å². The van der Waals surface area contributed by atoms with Crippen molar-refractivity contribution >= 4 is 21.9 Å². The van der Waals surface area contributed by atoms with Crippen LogP contribution in [0, 0.1) is 5.92 Å². The van der Waals surface area contributed by atoms with Crippen LogP contribution in [0.15, 0.2) is 4.47 Å². The molecule has 1 fully saturated rings. The Labute approximate surface area is 134 Å². The van der Waals surface area contributed by atoms with E-state index >= 15 is 0 Å². The fourth-order valence-electron chi connectivity index (χ4n) is 2.94. The van der Waals surface area contributed by atoms with E-state index < -0.39 is 0 Å². The first-order chi connectivity index (χ1) is 10.1. The fraction of sp³-hybridized carbons (Fsp3) is 0.733. The summed E-state index contributed by atoms with van der Waals surface area (Å²) >= 11 is 3.69. The first-order valence-electron chi connectivity index (χ1n) is 7.64. The van der Waals surface area contributed by atoms with E-state index in [2.05, 4.69) is 44.5 Å². The standard InChI is InChI=1S/C15H24BrN3O2/c1-4-12-14(16)13(19(5-2)17-12)10-18-8-6-7-11(9-18)15(20)21-3/h11H,4-10H2,1-3H3. The number of likely N-dealkylation sites (tertiary alicyclic amines) is 1. The minimum atomic E-state index is -0.0861. The highest BCUT2D eigenvalue weighted by Crippen LogP contribution is 2.26. The zero-order valence-corrected chi connectivity index (χ0v) is 14.6. The van der Waals surface area contributed by atoms with Gasteiger partial charge in [-0.25, -0.2) is 0 Å². The monoisotopic (exact) mass is 357 g/mol. The summed E-state index contributed by atoms with van der Waals surface area (Å²) in [6.07, 6.45) is 2.89. The Morgan fingerprint density at radius 3 is 2.86 bits per heavy atom. The minimum absolute atomic E-state index is 0.00571. The Morgan fingerprint density at radius 1 is 1.48 bits per heavy atom. The lowest BCUT2D eigenvalue weighted by molar-refractivity contribution is -0.147. The highest BCUT2D eigenvalue weighted by atomic mass is 79.9. The smallest absolute Gasteiger partial charge is 0.309 e. The highest BCUT2D eigenvalue weighted by Gasteiger charge is 2.27. The molecule has 5 nitrogen and oxygen atoms in total. The molecule has 118 valence electrons. The summed E-state index contributed by atoms with van der Waals surface area (Å²) in [5.41, 5.74) is 2.31. The van der Waals surface area contributed by atoms with Gasteiger partial charge < -0.3 is 4.74 Å². The summed E-state index contributed by atoms with van der Waals surface area (Å²) in [5.74, 6) is -0.0804. The number of carbonyl (C=O) groups is 1. The predicted octanol–water partition coefficient (Wildman–Crippen LogP) is 2.61. The number of hydrogen-bond donors (Lipinski definition) is 0. The van der Waals surface area contributed by atoms with Gasteiger partial charge in [0.05, 0.1) is 28.9 Å². The van der Waals surface area contributed by atoms with Crippen molar-refractivity contribution in [1.82, 2.24) is 14.7 Å². The maximum atomic E-state index is 11.7. The zero-order valence-electron chi connectivity index (χ0n) is 13.1. The van der Waals surface area contributed by atoms with Crippen LogP contribution in [0.25, 0.3) is 0 Å². The molecule has 0 aliphatic carbocycles. The molecule has 0 aromatic carbocycles. The van der Waals surface area contributed by atoms with Crippen molar-refractivity contribution in [3.8, 4) is 0 Å². The predicted molar refractivity (Wildman–Crippen MR) is 85.0 cm³/mol. The molecule has 21 heavy (non-hydrogen) atoms. The third kappa shape index (κ3) is 3.66. The molecule has 1 aliphatic rings. The maximum absolute atomic E-state index is 11.7. The maximum Gasteiger partial charge on any atom is 0.309 e. The molecule has 1 aliphatic heterocycles. The van der Waals surface area contributed by atoms with E-state index in [9.17, 15) is 4.79 Å². The fourth-order valence-corrected chi connectivity index (χ4v) is 3.63. The van der Waals surface area contributed by atoms with Gasteiger partial charge in [-0.1, -0.05) is 6.92 Å². The van der Waals surface area contributed by atoms with Crippen molar-refractivity contribution in [3.63, 3.8) is 0 Å². The molecule has 0 N–H and O–H groups in total. The first-order valence-corrected chi connectivity index (χ1v) is 8.44. The van der Waals surface area contributed by atoms with Crippen LogP contribution in [0.2, 0.25) is 0 Å². The number of rotatable bonds is 5. The van der Waals surface area contributed by atoms with Crippen LogP contribution in [-0.4, -0.2) is 40.8 Å². The number of piperidine rings is 1. The minimum Gasteiger partial charge on any atom is -0.469 e. The van der Waals surface area contributed by atoms with Gasteiger partial charge in [0.1, 0.15) is 0 Å². The van der Waals surface area contributed by atoms with E-state index in [1.54, 1.807) is 0 Å². The number of aryl methyl sites for hydroxylation is 2. The summed E-state index contributed by atoms with van der Waals surface area (Å²) in [5, 5.41) is 4.63. The summed E-state index contributed by atoms with van der Waals surface area (Å²) < 4.78 is 8.06. The lowest BCUT2D eigenvalue weighted by Crippen LogP contribution is -2.39. The second kappa shape index (κ2) is 7.40. The van der Waals surface area contributed by atoms with Crippen LogP contribution in [0.4, 0.5) is 0 Å². The van der Waals surface area contributed by atoms with E-state index in [0.717, 1.165) is 55.6 Å². The summed E-state index contributed by atoms with van der Waals surface area (Å²) in [6, 6.07) is 0. The van der Waals surface area contributed by atoms with Crippen LogP contribution < -0.4 is 0 Å². The summed E-state index contributed by atoms with van der Waals surface area (Å²) in [4.78, 5) is 14.1. The van der Waals surface area contributed by atoms with Crippen molar-refractivity contribution < 1.29 is 9.53 Å². The van der Waals surface area contributed by atoms with E-state index in [1.165, 1.54) is 12.8 Å². The topological polar surface area (TPSA) is 47.4 Å². The molecule has 1 saturated heterocycles. The summed E-state index contributed by atoms with van der Waals surface area (Å²) in [6.45, 7) is 7.71. The second-order valence-corrected chi connectivity index (χ2v) is 6.27. The Balaban J connectivity index is 2.10. The van der Waals surface area contributed by atoms with Gasteiger partial charge in [-0.2, -0.15) is 5.10 Å². The molecular formula is C15H24BrN3O2. The molecule has 0 saturated carbocycles. The number of halogens is 1. The molecule has 0 amide bonds. The van der Waals surface area contributed by atoms with Gasteiger partial charge in [0.25, 0.3) is 0 Å². The molecular weight excluding hydrogens is 334 g/mol. The molecule has 1 unspecified atom stereocenters.